The van der Waals surface area contributed by atoms with E-state index in [1.54, 1.807) is 23.1 Å². The highest BCUT2D eigenvalue weighted by atomic mass is 127. The maximum atomic E-state index is 12.4. The molecule has 1 heterocycles. The number of nitrogens with one attached hydrogen (secondary N) is 2. The van der Waals surface area contributed by atoms with E-state index in [2.05, 4.69) is 15.6 Å². The van der Waals surface area contributed by atoms with Gasteiger partial charge in [-0.25, -0.2) is 12.7 Å². The molecular weight excluding hydrogens is 519 g/mol. The maximum Gasteiger partial charge on any atom is 0.215 e. The summed E-state index contributed by atoms with van der Waals surface area (Å²) >= 11 is 1.80. The van der Waals surface area contributed by atoms with Crippen LogP contribution in [0.15, 0.2) is 4.99 Å². The summed E-state index contributed by atoms with van der Waals surface area (Å²) in [6.07, 6.45) is 4.00. The van der Waals surface area contributed by atoms with Gasteiger partial charge in [0.05, 0.1) is 5.75 Å². The number of hydrogen-bond acceptors (Lipinski definition) is 5. The van der Waals surface area contributed by atoms with Crippen LogP contribution < -0.4 is 10.6 Å². The van der Waals surface area contributed by atoms with E-state index in [1.807, 2.05) is 6.92 Å². The summed E-state index contributed by atoms with van der Waals surface area (Å²) in [5, 5.41) is 6.75. The van der Waals surface area contributed by atoms with Gasteiger partial charge in [-0.1, -0.05) is 13.3 Å². The summed E-state index contributed by atoms with van der Waals surface area (Å²) in [6.45, 7) is 3.52. The highest BCUT2D eigenvalue weighted by molar-refractivity contribution is 14.0. The monoisotopic (exact) mass is 552 g/mol. The molecule has 1 aliphatic heterocycles. The Bertz CT molecular complexity index is 598. The first-order valence-electron chi connectivity index (χ1n) is 9.36. The Hall–Kier alpha value is 0.410. The zero-order chi connectivity index (χ0) is 19.0. The lowest BCUT2D eigenvalue weighted by Gasteiger charge is -2.30. The largest absolute Gasteiger partial charge is 0.355 e. The van der Waals surface area contributed by atoms with E-state index in [9.17, 15) is 12.6 Å². The molecule has 27 heavy (non-hydrogen) atoms. The van der Waals surface area contributed by atoms with Gasteiger partial charge >= 0.3 is 0 Å². The van der Waals surface area contributed by atoms with Crippen molar-refractivity contribution in [3.8, 4) is 0 Å². The van der Waals surface area contributed by atoms with Crippen LogP contribution >= 0.6 is 35.7 Å². The third-order valence-electron chi connectivity index (χ3n) is 4.86. The molecule has 2 rings (SSSR count). The molecule has 2 N–H and O–H groups in total. The molecule has 0 aromatic heterocycles. The Morgan fingerprint density at radius 3 is 2.63 bits per heavy atom. The van der Waals surface area contributed by atoms with Gasteiger partial charge in [0.1, 0.15) is 0 Å². The van der Waals surface area contributed by atoms with E-state index < -0.39 is 20.8 Å². The molecule has 1 saturated heterocycles. The summed E-state index contributed by atoms with van der Waals surface area (Å²) < 4.78 is 38.4. The molecule has 0 spiro atoms. The fourth-order valence-electron chi connectivity index (χ4n) is 3.39. The van der Waals surface area contributed by atoms with E-state index in [-0.39, 0.29) is 41.0 Å². The lowest BCUT2D eigenvalue weighted by atomic mass is 9.95. The average molecular weight is 553 g/mol. The Labute approximate surface area is 187 Å². The second-order valence-electron chi connectivity index (χ2n) is 6.63. The third kappa shape index (κ3) is 8.35. The summed E-state index contributed by atoms with van der Waals surface area (Å²) in [5.41, 5.74) is 0. The molecule has 1 saturated carbocycles. The van der Waals surface area contributed by atoms with Crippen molar-refractivity contribution in [2.45, 2.75) is 43.9 Å². The highest BCUT2D eigenvalue weighted by Gasteiger charge is 2.27. The number of sulfonamides is 1. The minimum absolute atomic E-state index is 0. The van der Waals surface area contributed by atoms with Crippen LogP contribution in [0.2, 0.25) is 0 Å². The summed E-state index contributed by atoms with van der Waals surface area (Å²) in [4.78, 5) is 4.21. The molecular formula is C16H33IN4O3S3. The van der Waals surface area contributed by atoms with Crippen LogP contribution in [0, 0.1) is 0 Å². The predicted molar refractivity (Wildman–Crippen MR) is 127 cm³/mol. The van der Waals surface area contributed by atoms with Crippen molar-refractivity contribution >= 4 is 62.5 Å². The van der Waals surface area contributed by atoms with Crippen LogP contribution in [0.4, 0.5) is 0 Å². The van der Waals surface area contributed by atoms with Gasteiger partial charge < -0.3 is 10.6 Å². The van der Waals surface area contributed by atoms with Gasteiger partial charge in [0.2, 0.25) is 10.0 Å². The van der Waals surface area contributed by atoms with E-state index in [4.69, 9.17) is 0 Å². The van der Waals surface area contributed by atoms with Crippen LogP contribution in [0.25, 0.3) is 0 Å². The smallest absolute Gasteiger partial charge is 0.215 e. The van der Waals surface area contributed by atoms with E-state index >= 15 is 0 Å². The van der Waals surface area contributed by atoms with Crippen LogP contribution in [0.5, 0.6) is 0 Å². The topological polar surface area (TPSA) is 90.9 Å². The lowest BCUT2D eigenvalue weighted by molar-refractivity contribution is 0.413. The lowest BCUT2D eigenvalue weighted by Crippen LogP contribution is -2.48. The Balaban J connectivity index is 0.00000364. The first-order valence-corrected chi connectivity index (χ1v) is 13.5. The standard InChI is InChI=1S/C16H32N4O3S3.HI/c1-3-25(21)15-6-4-5-14(13-15)19-16(17-2)18-7-12-26(22,23)20-8-10-24-11-9-20;/h14-15H,3-13H2,1-2H3,(H2,17,18,19);1H. The van der Waals surface area contributed by atoms with Crippen LogP contribution in [0.1, 0.15) is 32.6 Å². The fraction of sp³-hybridized carbons (Fsp3) is 0.938. The summed E-state index contributed by atoms with van der Waals surface area (Å²) in [7, 11) is -2.28. The van der Waals surface area contributed by atoms with Gasteiger partial charge in [-0.3, -0.25) is 9.20 Å². The van der Waals surface area contributed by atoms with Crippen molar-refractivity contribution < 1.29 is 12.6 Å². The molecule has 160 valence electrons. The van der Waals surface area contributed by atoms with E-state index in [1.165, 1.54) is 0 Å². The molecule has 0 aromatic carbocycles. The quantitative estimate of drug-likeness (QED) is 0.281. The molecule has 0 aromatic rings. The zero-order valence-corrected chi connectivity index (χ0v) is 21.0. The molecule has 7 nitrogen and oxygen atoms in total. The normalized spacial score (nSPS) is 26.1. The first-order chi connectivity index (χ1) is 12.5. The number of aliphatic imine (C=N–C) groups is 1. The maximum absolute atomic E-state index is 12.4. The van der Waals surface area contributed by atoms with Crippen LogP contribution in [-0.2, 0) is 20.8 Å². The minimum atomic E-state index is -3.21. The van der Waals surface area contributed by atoms with E-state index in [0.29, 0.717) is 31.3 Å². The Morgan fingerprint density at radius 1 is 1.30 bits per heavy atom. The predicted octanol–water partition coefficient (Wildman–Crippen LogP) is 1.23. The number of hydrogen-bond donors (Lipinski definition) is 2. The van der Waals surface area contributed by atoms with Crippen molar-refractivity contribution in [3.63, 3.8) is 0 Å². The fourth-order valence-corrected chi connectivity index (χ4v) is 7.23. The van der Waals surface area contributed by atoms with Gasteiger partial charge in [-0.15, -0.1) is 24.0 Å². The molecule has 11 heteroatoms. The van der Waals surface area contributed by atoms with Gasteiger partial charge in [0, 0.05) is 66.0 Å². The molecule has 0 bridgehead atoms. The zero-order valence-electron chi connectivity index (χ0n) is 16.2. The van der Waals surface area contributed by atoms with Crippen molar-refractivity contribution in [1.82, 2.24) is 14.9 Å². The minimum Gasteiger partial charge on any atom is -0.355 e. The molecule has 0 amide bonds. The number of thioether (sulfide) groups is 1. The Kier molecular flexibility index (Phi) is 12.1. The molecule has 0 radical (unpaired) electrons. The molecule has 2 aliphatic rings. The van der Waals surface area contributed by atoms with Gasteiger partial charge in [0.25, 0.3) is 0 Å². The number of nitrogens with zero attached hydrogens (tertiary/aromatic N) is 2. The van der Waals surface area contributed by atoms with Gasteiger partial charge in [-0.2, -0.15) is 11.8 Å². The van der Waals surface area contributed by atoms with Crippen LogP contribution in [0.3, 0.4) is 0 Å². The number of guanidine groups is 1. The molecule has 2 fully saturated rings. The average Bonchev–Trinajstić information content (AvgIpc) is 2.67. The van der Waals surface area contributed by atoms with E-state index in [0.717, 1.165) is 37.2 Å². The van der Waals surface area contributed by atoms with Gasteiger partial charge in [-0.05, 0) is 19.3 Å². The van der Waals surface area contributed by atoms with Crippen molar-refractivity contribution in [1.29, 1.82) is 0 Å². The summed E-state index contributed by atoms with van der Waals surface area (Å²) in [6, 6.07) is 0.242. The van der Waals surface area contributed by atoms with Crippen molar-refractivity contribution in [3.05, 3.63) is 0 Å². The van der Waals surface area contributed by atoms with Crippen molar-refractivity contribution in [2.24, 2.45) is 4.99 Å². The molecule has 3 atom stereocenters. The van der Waals surface area contributed by atoms with Gasteiger partial charge in [0.15, 0.2) is 5.96 Å². The molecule has 3 unspecified atom stereocenters. The molecule has 1 aliphatic carbocycles. The van der Waals surface area contributed by atoms with Crippen LogP contribution in [-0.4, -0.2) is 83.9 Å². The third-order valence-corrected chi connectivity index (χ3v) is 9.42. The highest BCUT2D eigenvalue weighted by Crippen LogP contribution is 2.23. The van der Waals surface area contributed by atoms with Crippen molar-refractivity contribution in [2.75, 3.05) is 49.7 Å². The Morgan fingerprint density at radius 2 is 2.00 bits per heavy atom. The second kappa shape index (κ2) is 12.9. The summed E-state index contributed by atoms with van der Waals surface area (Å²) in [5.74, 6) is 3.15. The SMILES string of the molecule is CCS(=O)C1CCCC(NC(=NC)NCCS(=O)(=O)N2CCSCC2)C1.I. The first kappa shape index (κ1) is 25.4. The number of rotatable bonds is 7. The second-order valence-corrected chi connectivity index (χ2v) is 11.9. The number of halogens is 1.